The number of benzene rings is 1. The monoisotopic (exact) mass is 297 g/mol. The molecule has 0 aliphatic carbocycles. The van der Waals surface area contributed by atoms with E-state index in [9.17, 15) is 13.2 Å². The van der Waals surface area contributed by atoms with E-state index < -0.39 is 10.2 Å². The van der Waals surface area contributed by atoms with Gasteiger partial charge in [-0.1, -0.05) is 13.0 Å². The molecule has 2 rings (SSSR count). The third kappa shape index (κ3) is 3.71. The van der Waals surface area contributed by atoms with E-state index in [-0.39, 0.29) is 5.91 Å². The number of nitrogens with zero attached hydrogens (tertiary/aromatic N) is 1. The van der Waals surface area contributed by atoms with Crippen molar-refractivity contribution in [1.29, 1.82) is 0 Å². The van der Waals surface area contributed by atoms with Crippen molar-refractivity contribution in [2.24, 2.45) is 0 Å². The van der Waals surface area contributed by atoms with Gasteiger partial charge in [0.15, 0.2) is 0 Å². The second-order valence-corrected chi connectivity index (χ2v) is 6.18. The summed E-state index contributed by atoms with van der Waals surface area (Å²) < 4.78 is 28.0. The standard InChI is InChI=1S/C13H19N3O3S/c1-2-14-20(18,19)15-12-7-5-6-11(10-12)13(17)16-8-3-4-9-16/h5-7,10,14-15H,2-4,8-9H2,1H3. The van der Waals surface area contributed by atoms with Crippen LogP contribution in [-0.4, -0.2) is 38.9 Å². The van der Waals surface area contributed by atoms with E-state index in [2.05, 4.69) is 9.44 Å². The molecule has 0 bridgehead atoms. The van der Waals surface area contributed by atoms with Crippen molar-refractivity contribution in [2.75, 3.05) is 24.4 Å². The molecule has 0 aromatic heterocycles. The fraction of sp³-hybridized carbons (Fsp3) is 0.462. The van der Waals surface area contributed by atoms with Crippen molar-refractivity contribution < 1.29 is 13.2 Å². The van der Waals surface area contributed by atoms with Gasteiger partial charge in [0, 0.05) is 25.2 Å². The Bertz CT molecular complexity index is 580. The summed E-state index contributed by atoms with van der Waals surface area (Å²) in [5.41, 5.74) is 0.889. The van der Waals surface area contributed by atoms with Gasteiger partial charge in [0.25, 0.3) is 16.1 Å². The van der Waals surface area contributed by atoms with E-state index in [1.165, 1.54) is 0 Å². The highest BCUT2D eigenvalue weighted by Crippen LogP contribution is 2.16. The van der Waals surface area contributed by atoms with Gasteiger partial charge in [-0.15, -0.1) is 0 Å². The first-order valence-electron chi connectivity index (χ1n) is 6.68. The molecule has 7 heteroatoms. The molecule has 1 aromatic rings. The number of amides is 1. The van der Waals surface area contributed by atoms with Crippen molar-refractivity contribution >= 4 is 21.8 Å². The fourth-order valence-electron chi connectivity index (χ4n) is 2.20. The molecule has 0 spiro atoms. The van der Waals surface area contributed by atoms with E-state index in [0.29, 0.717) is 17.8 Å². The number of hydrogen-bond donors (Lipinski definition) is 2. The smallest absolute Gasteiger partial charge is 0.299 e. The zero-order valence-electron chi connectivity index (χ0n) is 11.4. The first kappa shape index (κ1) is 14.8. The molecule has 1 aromatic carbocycles. The third-order valence-corrected chi connectivity index (χ3v) is 4.26. The predicted octanol–water partition coefficient (Wildman–Crippen LogP) is 1.19. The number of hydrogen-bond acceptors (Lipinski definition) is 3. The van der Waals surface area contributed by atoms with Crippen LogP contribution in [0.2, 0.25) is 0 Å². The van der Waals surface area contributed by atoms with E-state index in [1.807, 2.05) is 0 Å². The summed E-state index contributed by atoms with van der Waals surface area (Å²) in [5.74, 6) is -0.0491. The predicted molar refractivity (Wildman–Crippen MR) is 77.8 cm³/mol. The van der Waals surface area contributed by atoms with Crippen LogP contribution in [0.15, 0.2) is 24.3 Å². The van der Waals surface area contributed by atoms with Gasteiger partial charge in [-0.05, 0) is 31.0 Å². The van der Waals surface area contributed by atoms with Gasteiger partial charge < -0.3 is 4.90 Å². The summed E-state index contributed by atoms with van der Waals surface area (Å²) in [6.07, 6.45) is 2.05. The summed E-state index contributed by atoms with van der Waals surface area (Å²) in [6, 6.07) is 6.56. The maximum Gasteiger partial charge on any atom is 0.299 e. The summed E-state index contributed by atoms with van der Waals surface area (Å²) in [6.45, 7) is 3.55. The van der Waals surface area contributed by atoms with Gasteiger partial charge in [0.1, 0.15) is 0 Å². The molecule has 20 heavy (non-hydrogen) atoms. The Kier molecular flexibility index (Phi) is 4.61. The molecule has 0 unspecified atom stereocenters. The second-order valence-electron chi connectivity index (χ2n) is 4.68. The van der Waals surface area contributed by atoms with Gasteiger partial charge in [0.2, 0.25) is 0 Å². The molecule has 1 heterocycles. The van der Waals surface area contributed by atoms with E-state index in [4.69, 9.17) is 0 Å². The topological polar surface area (TPSA) is 78.5 Å². The van der Waals surface area contributed by atoms with Crippen LogP contribution in [0.25, 0.3) is 0 Å². The molecule has 1 aliphatic heterocycles. The van der Waals surface area contributed by atoms with Crippen molar-refractivity contribution in [3.05, 3.63) is 29.8 Å². The number of nitrogens with one attached hydrogen (secondary N) is 2. The highest BCUT2D eigenvalue weighted by molar-refractivity contribution is 7.90. The number of carbonyl (C=O) groups is 1. The SMILES string of the molecule is CCNS(=O)(=O)Nc1cccc(C(=O)N2CCCC2)c1. The van der Waals surface area contributed by atoms with Gasteiger partial charge in [-0.3, -0.25) is 9.52 Å². The average Bonchev–Trinajstić information content (AvgIpc) is 2.91. The summed E-state index contributed by atoms with van der Waals surface area (Å²) >= 11 is 0. The van der Waals surface area contributed by atoms with E-state index in [1.54, 1.807) is 36.1 Å². The molecule has 1 amide bonds. The van der Waals surface area contributed by atoms with Gasteiger partial charge in [0.05, 0.1) is 5.69 Å². The van der Waals surface area contributed by atoms with Crippen molar-refractivity contribution in [2.45, 2.75) is 19.8 Å². The lowest BCUT2D eigenvalue weighted by Crippen LogP contribution is -2.30. The van der Waals surface area contributed by atoms with Crippen molar-refractivity contribution in [1.82, 2.24) is 9.62 Å². The van der Waals surface area contributed by atoms with Crippen LogP contribution in [0.1, 0.15) is 30.1 Å². The number of carbonyl (C=O) groups excluding carboxylic acids is 1. The lowest BCUT2D eigenvalue weighted by Gasteiger charge is -2.16. The Balaban J connectivity index is 2.13. The first-order chi connectivity index (χ1) is 9.52. The van der Waals surface area contributed by atoms with Gasteiger partial charge in [-0.2, -0.15) is 13.1 Å². The molecule has 110 valence electrons. The normalized spacial score (nSPS) is 15.3. The van der Waals surface area contributed by atoms with Gasteiger partial charge in [-0.25, -0.2) is 0 Å². The molecule has 2 N–H and O–H groups in total. The maximum atomic E-state index is 12.2. The van der Waals surface area contributed by atoms with Crippen LogP contribution < -0.4 is 9.44 Å². The molecule has 1 aliphatic rings. The molecular formula is C13H19N3O3S. The minimum absolute atomic E-state index is 0.0491. The maximum absolute atomic E-state index is 12.2. The van der Waals surface area contributed by atoms with Crippen molar-refractivity contribution in [3.8, 4) is 0 Å². The molecule has 0 atom stereocenters. The summed E-state index contributed by atoms with van der Waals surface area (Å²) in [5, 5.41) is 0. The molecule has 6 nitrogen and oxygen atoms in total. The lowest BCUT2D eigenvalue weighted by molar-refractivity contribution is 0.0793. The lowest BCUT2D eigenvalue weighted by atomic mass is 10.2. The highest BCUT2D eigenvalue weighted by atomic mass is 32.2. The molecule has 0 saturated carbocycles. The highest BCUT2D eigenvalue weighted by Gasteiger charge is 2.19. The molecule has 0 radical (unpaired) electrons. The Morgan fingerprint density at radius 2 is 2.00 bits per heavy atom. The summed E-state index contributed by atoms with van der Waals surface area (Å²) in [7, 11) is -3.57. The number of anilines is 1. The number of rotatable bonds is 5. The Morgan fingerprint density at radius 1 is 1.30 bits per heavy atom. The molecular weight excluding hydrogens is 278 g/mol. The first-order valence-corrected chi connectivity index (χ1v) is 8.17. The van der Waals surface area contributed by atoms with E-state index >= 15 is 0 Å². The molecule has 1 fully saturated rings. The minimum Gasteiger partial charge on any atom is -0.339 e. The Morgan fingerprint density at radius 3 is 2.65 bits per heavy atom. The van der Waals surface area contributed by atoms with Crippen LogP contribution in [0.3, 0.4) is 0 Å². The van der Waals surface area contributed by atoms with Crippen LogP contribution in [-0.2, 0) is 10.2 Å². The zero-order valence-corrected chi connectivity index (χ0v) is 12.2. The zero-order chi connectivity index (χ0) is 14.6. The van der Waals surface area contributed by atoms with Crippen LogP contribution >= 0.6 is 0 Å². The molecule has 1 saturated heterocycles. The summed E-state index contributed by atoms with van der Waals surface area (Å²) in [4.78, 5) is 14.0. The van der Waals surface area contributed by atoms with Gasteiger partial charge >= 0.3 is 0 Å². The fourth-order valence-corrected chi connectivity index (χ4v) is 3.09. The van der Waals surface area contributed by atoms with Crippen LogP contribution in [0.4, 0.5) is 5.69 Å². The van der Waals surface area contributed by atoms with Crippen LogP contribution in [0, 0.1) is 0 Å². The third-order valence-electron chi connectivity index (χ3n) is 3.09. The Hall–Kier alpha value is -1.60. The minimum atomic E-state index is -3.57. The van der Waals surface area contributed by atoms with E-state index in [0.717, 1.165) is 25.9 Å². The number of likely N-dealkylation sites (tertiary alicyclic amines) is 1. The Labute approximate surface area is 119 Å². The second kappa shape index (κ2) is 6.23. The quantitative estimate of drug-likeness (QED) is 0.857. The van der Waals surface area contributed by atoms with Crippen molar-refractivity contribution in [3.63, 3.8) is 0 Å². The van der Waals surface area contributed by atoms with Crippen LogP contribution in [0.5, 0.6) is 0 Å². The largest absolute Gasteiger partial charge is 0.339 e. The average molecular weight is 297 g/mol.